The zero-order valence-electron chi connectivity index (χ0n) is 12.3. The second-order valence-electron chi connectivity index (χ2n) is 5.58. The molecule has 4 nitrogen and oxygen atoms in total. The molecule has 1 fully saturated rings. The molecule has 1 aromatic rings. The smallest absolute Gasteiger partial charge is 0.226 e. The fourth-order valence-electron chi connectivity index (χ4n) is 3.01. The number of carbonyl (C=O) groups excluding carboxylic acids is 1. The SMILES string of the molecule is COc1ccc(CN(C)C(=O)C2CCCC2CN)cc1. The molecule has 20 heavy (non-hydrogen) atoms. The van der Waals surface area contributed by atoms with E-state index in [-0.39, 0.29) is 11.8 Å². The second kappa shape index (κ2) is 6.75. The van der Waals surface area contributed by atoms with Crippen molar-refractivity contribution in [3.05, 3.63) is 29.8 Å². The molecule has 4 heteroatoms. The average Bonchev–Trinajstić information content (AvgIpc) is 2.95. The van der Waals surface area contributed by atoms with E-state index in [1.165, 1.54) is 0 Å². The molecule has 0 bridgehead atoms. The molecule has 0 heterocycles. The number of amides is 1. The summed E-state index contributed by atoms with van der Waals surface area (Å²) in [7, 11) is 3.52. The Balaban J connectivity index is 1.96. The lowest BCUT2D eigenvalue weighted by atomic mass is 9.95. The molecule has 1 aliphatic carbocycles. The number of nitrogens with zero attached hydrogens (tertiary/aromatic N) is 1. The minimum Gasteiger partial charge on any atom is -0.497 e. The third kappa shape index (κ3) is 3.31. The summed E-state index contributed by atoms with van der Waals surface area (Å²) in [5, 5.41) is 0. The summed E-state index contributed by atoms with van der Waals surface area (Å²) in [6, 6.07) is 7.84. The van der Waals surface area contributed by atoms with E-state index in [1.807, 2.05) is 36.2 Å². The van der Waals surface area contributed by atoms with E-state index in [4.69, 9.17) is 10.5 Å². The first-order valence-electron chi connectivity index (χ1n) is 7.23. The van der Waals surface area contributed by atoms with Crippen LogP contribution in [0, 0.1) is 11.8 Å². The van der Waals surface area contributed by atoms with E-state index >= 15 is 0 Å². The maximum absolute atomic E-state index is 12.5. The number of hydrogen-bond acceptors (Lipinski definition) is 3. The van der Waals surface area contributed by atoms with Crippen molar-refractivity contribution in [2.75, 3.05) is 20.7 Å². The predicted octanol–water partition coefficient (Wildman–Crippen LogP) is 2.03. The van der Waals surface area contributed by atoms with E-state index in [9.17, 15) is 4.79 Å². The number of nitrogens with two attached hydrogens (primary N) is 1. The van der Waals surface area contributed by atoms with E-state index in [1.54, 1.807) is 7.11 Å². The minimum absolute atomic E-state index is 0.114. The van der Waals surface area contributed by atoms with Crippen LogP contribution in [0.4, 0.5) is 0 Å². The van der Waals surface area contributed by atoms with Crippen molar-refractivity contribution in [2.24, 2.45) is 17.6 Å². The van der Waals surface area contributed by atoms with E-state index in [2.05, 4.69) is 0 Å². The van der Waals surface area contributed by atoms with Gasteiger partial charge >= 0.3 is 0 Å². The van der Waals surface area contributed by atoms with Crippen LogP contribution in [0.3, 0.4) is 0 Å². The first-order chi connectivity index (χ1) is 9.65. The molecular weight excluding hydrogens is 252 g/mol. The Morgan fingerprint density at radius 2 is 2.05 bits per heavy atom. The lowest BCUT2D eigenvalue weighted by Gasteiger charge is -2.24. The summed E-state index contributed by atoms with van der Waals surface area (Å²) < 4.78 is 5.14. The van der Waals surface area contributed by atoms with Crippen LogP contribution in [0.2, 0.25) is 0 Å². The molecule has 2 atom stereocenters. The summed E-state index contributed by atoms with van der Waals surface area (Å²) >= 11 is 0. The molecule has 110 valence electrons. The number of benzene rings is 1. The molecule has 1 aliphatic rings. The predicted molar refractivity (Wildman–Crippen MR) is 79.4 cm³/mol. The summed E-state index contributed by atoms with van der Waals surface area (Å²) in [5.41, 5.74) is 6.88. The monoisotopic (exact) mass is 276 g/mol. The Morgan fingerprint density at radius 1 is 1.35 bits per heavy atom. The lowest BCUT2D eigenvalue weighted by Crippen LogP contribution is -2.36. The first kappa shape index (κ1) is 14.9. The van der Waals surface area contributed by atoms with Crippen LogP contribution in [0.5, 0.6) is 5.75 Å². The molecule has 1 aromatic carbocycles. The Bertz CT molecular complexity index is 444. The van der Waals surface area contributed by atoms with Crippen molar-refractivity contribution in [1.82, 2.24) is 4.90 Å². The van der Waals surface area contributed by atoms with Gasteiger partial charge < -0.3 is 15.4 Å². The van der Waals surface area contributed by atoms with Crippen LogP contribution in [-0.2, 0) is 11.3 Å². The normalized spacial score (nSPS) is 21.8. The van der Waals surface area contributed by atoms with Crippen LogP contribution >= 0.6 is 0 Å². The van der Waals surface area contributed by atoms with Crippen molar-refractivity contribution < 1.29 is 9.53 Å². The number of ether oxygens (including phenoxy) is 1. The van der Waals surface area contributed by atoms with Gasteiger partial charge in [-0.15, -0.1) is 0 Å². The zero-order chi connectivity index (χ0) is 14.5. The highest BCUT2D eigenvalue weighted by Gasteiger charge is 2.33. The van der Waals surface area contributed by atoms with Gasteiger partial charge in [-0.05, 0) is 43.0 Å². The van der Waals surface area contributed by atoms with E-state index in [0.29, 0.717) is 19.0 Å². The highest BCUT2D eigenvalue weighted by Crippen LogP contribution is 2.32. The van der Waals surface area contributed by atoms with Gasteiger partial charge in [0.25, 0.3) is 0 Å². The fourth-order valence-corrected chi connectivity index (χ4v) is 3.01. The third-order valence-corrected chi connectivity index (χ3v) is 4.23. The Hall–Kier alpha value is -1.55. The minimum atomic E-state index is 0.114. The Morgan fingerprint density at radius 3 is 2.65 bits per heavy atom. The molecule has 2 unspecified atom stereocenters. The molecule has 1 saturated carbocycles. The van der Waals surface area contributed by atoms with Crippen molar-refractivity contribution in [3.63, 3.8) is 0 Å². The van der Waals surface area contributed by atoms with Crippen LogP contribution < -0.4 is 10.5 Å². The van der Waals surface area contributed by atoms with Crippen LogP contribution in [0.1, 0.15) is 24.8 Å². The van der Waals surface area contributed by atoms with Gasteiger partial charge in [0.05, 0.1) is 7.11 Å². The van der Waals surface area contributed by atoms with Gasteiger partial charge in [0.15, 0.2) is 0 Å². The highest BCUT2D eigenvalue weighted by molar-refractivity contribution is 5.79. The van der Waals surface area contributed by atoms with Crippen LogP contribution in [0.25, 0.3) is 0 Å². The topological polar surface area (TPSA) is 55.6 Å². The molecular formula is C16H24N2O2. The van der Waals surface area contributed by atoms with Gasteiger partial charge in [0.2, 0.25) is 5.91 Å². The van der Waals surface area contributed by atoms with Crippen molar-refractivity contribution >= 4 is 5.91 Å². The number of hydrogen-bond donors (Lipinski definition) is 1. The fraction of sp³-hybridized carbons (Fsp3) is 0.562. The third-order valence-electron chi connectivity index (χ3n) is 4.23. The van der Waals surface area contributed by atoms with Gasteiger partial charge in [-0.1, -0.05) is 18.6 Å². The first-order valence-corrected chi connectivity index (χ1v) is 7.23. The lowest BCUT2D eigenvalue weighted by molar-refractivity contribution is -0.135. The summed E-state index contributed by atoms with van der Waals surface area (Å²) in [6.45, 7) is 1.25. The maximum atomic E-state index is 12.5. The number of carbonyl (C=O) groups is 1. The van der Waals surface area contributed by atoms with Crippen LogP contribution in [-0.4, -0.2) is 31.5 Å². The van der Waals surface area contributed by atoms with E-state index in [0.717, 1.165) is 30.6 Å². The molecule has 0 saturated heterocycles. The average molecular weight is 276 g/mol. The second-order valence-corrected chi connectivity index (χ2v) is 5.58. The van der Waals surface area contributed by atoms with E-state index < -0.39 is 0 Å². The highest BCUT2D eigenvalue weighted by atomic mass is 16.5. The van der Waals surface area contributed by atoms with Crippen molar-refractivity contribution in [1.29, 1.82) is 0 Å². The molecule has 2 N–H and O–H groups in total. The number of rotatable bonds is 5. The summed E-state index contributed by atoms with van der Waals surface area (Å²) in [4.78, 5) is 14.3. The maximum Gasteiger partial charge on any atom is 0.226 e. The number of methoxy groups -OCH3 is 1. The Kier molecular flexibility index (Phi) is 5.01. The standard InChI is InChI=1S/C16H24N2O2/c1-18(11-12-6-8-14(20-2)9-7-12)16(19)15-5-3-4-13(15)10-17/h6-9,13,15H,3-5,10-11,17H2,1-2H3. The summed E-state index contributed by atoms with van der Waals surface area (Å²) in [5.74, 6) is 1.54. The van der Waals surface area contributed by atoms with Crippen LogP contribution in [0.15, 0.2) is 24.3 Å². The zero-order valence-corrected chi connectivity index (χ0v) is 12.3. The molecule has 0 radical (unpaired) electrons. The van der Waals surface area contributed by atoms with Gasteiger partial charge in [0, 0.05) is 19.5 Å². The van der Waals surface area contributed by atoms with Crippen molar-refractivity contribution in [2.45, 2.75) is 25.8 Å². The van der Waals surface area contributed by atoms with Crippen molar-refractivity contribution in [3.8, 4) is 5.75 Å². The molecule has 1 amide bonds. The van der Waals surface area contributed by atoms with Gasteiger partial charge in [0.1, 0.15) is 5.75 Å². The molecule has 0 aliphatic heterocycles. The van der Waals surface area contributed by atoms with Gasteiger partial charge in [-0.3, -0.25) is 4.79 Å². The molecule has 2 rings (SSSR count). The quantitative estimate of drug-likeness (QED) is 0.895. The summed E-state index contributed by atoms with van der Waals surface area (Å²) in [6.07, 6.45) is 3.19. The largest absolute Gasteiger partial charge is 0.497 e. The molecule has 0 aromatic heterocycles. The Labute approximate surface area is 120 Å². The molecule has 0 spiro atoms. The van der Waals surface area contributed by atoms with Gasteiger partial charge in [-0.2, -0.15) is 0 Å². The van der Waals surface area contributed by atoms with Gasteiger partial charge in [-0.25, -0.2) is 0 Å².